The molecule has 0 saturated heterocycles. The molecule has 2 rings (SSSR count). The van der Waals surface area contributed by atoms with Gasteiger partial charge in [-0.15, -0.1) is 11.3 Å². The normalized spacial score (nSPS) is 10.8. The lowest BCUT2D eigenvalue weighted by Crippen LogP contribution is -2.24. The van der Waals surface area contributed by atoms with E-state index >= 15 is 0 Å². The Morgan fingerprint density at radius 1 is 1.25 bits per heavy atom. The molecule has 1 heterocycles. The summed E-state index contributed by atoms with van der Waals surface area (Å²) >= 11 is 5.42. The number of nitrogens with one attached hydrogen (secondary N) is 1. The Kier molecular flexibility index (Phi) is 6.07. The molecule has 0 fully saturated rings. The molecule has 0 amide bonds. The zero-order valence-corrected chi connectivity index (χ0v) is 14.4. The molecule has 2 aromatic rings. The summed E-state index contributed by atoms with van der Waals surface area (Å²) in [6, 6.07) is 10.9. The Hall–Kier alpha value is -0.840. The second-order valence-electron chi connectivity index (χ2n) is 4.65. The molecule has 1 aromatic heterocycles. The molecule has 0 saturated carbocycles. The van der Waals surface area contributed by atoms with Crippen molar-refractivity contribution in [2.24, 2.45) is 0 Å². The average molecular weight is 353 g/mol. The summed E-state index contributed by atoms with van der Waals surface area (Å²) < 4.78 is 1.14. The minimum absolute atomic E-state index is 0.917. The molecule has 0 radical (unpaired) electrons. The van der Waals surface area contributed by atoms with Gasteiger partial charge in [0.2, 0.25) is 0 Å². The topological polar surface area (TPSA) is 15.3 Å². The third-order valence-corrected chi connectivity index (χ3v) is 4.62. The summed E-state index contributed by atoms with van der Waals surface area (Å²) in [4.78, 5) is 3.84. The van der Waals surface area contributed by atoms with Crippen LogP contribution in [0.5, 0.6) is 0 Å². The zero-order chi connectivity index (χ0) is 14.4. The predicted octanol–water partition coefficient (Wildman–Crippen LogP) is 4.65. The minimum Gasteiger partial charge on any atom is -0.366 e. The van der Waals surface area contributed by atoms with Gasteiger partial charge in [0.05, 0.1) is 6.54 Å². The molecule has 2 nitrogen and oxygen atoms in total. The predicted molar refractivity (Wildman–Crippen MR) is 92.6 cm³/mol. The van der Waals surface area contributed by atoms with Gasteiger partial charge in [0, 0.05) is 28.1 Å². The van der Waals surface area contributed by atoms with Gasteiger partial charge in [-0.1, -0.05) is 35.0 Å². The maximum absolute atomic E-state index is 3.60. The minimum atomic E-state index is 0.917. The van der Waals surface area contributed by atoms with Crippen molar-refractivity contribution in [3.8, 4) is 0 Å². The molecule has 4 heteroatoms. The van der Waals surface area contributed by atoms with Crippen LogP contribution < -0.4 is 10.2 Å². The SMILES string of the molecule is CCNCc1ccc(Br)cc1N(CC)Cc1cccs1. The first-order chi connectivity index (χ1) is 9.74. The second kappa shape index (κ2) is 7.81. The number of hydrogen-bond donors (Lipinski definition) is 1. The molecule has 0 aliphatic carbocycles. The van der Waals surface area contributed by atoms with Crippen molar-refractivity contribution in [3.63, 3.8) is 0 Å². The van der Waals surface area contributed by atoms with E-state index in [0.717, 1.165) is 30.7 Å². The summed E-state index contributed by atoms with van der Waals surface area (Å²) in [6.45, 7) is 8.25. The number of thiophene rings is 1. The Morgan fingerprint density at radius 3 is 2.75 bits per heavy atom. The maximum Gasteiger partial charge on any atom is 0.0522 e. The summed E-state index contributed by atoms with van der Waals surface area (Å²) in [7, 11) is 0. The highest BCUT2D eigenvalue weighted by Gasteiger charge is 2.11. The highest BCUT2D eigenvalue weighted by Crippen LogP contribution is 2.27. The molecule has 0 unspecified atom stereocenters. The number of benzene rings is 1. The van der Waals surface area contributed by atoms with E-state index in [4.69, 9.17) is 0 Å². The summed E-state index contributed by atoms with van der Waals surface area (Å²) in [5.74, 6) is 0. The Morgan fingerprint density at radius 2 is 2.10 bits per heavy atom. The highest BCUT2D eigenvalue weighted by atomic mass is 79.9. The van der Waals surface area contributed by atoms with Gasteiger partial charge in [-0.05, 0) is 42.6 Å². The number of nitrogens with zero attached hydrogens (tertiary/aromatic N) is 1. The Labute approximate surface area is 133 Å². The lowest BCUT2D eigenvalue weighted by molar-refractivity contribution is 0.719. The summed E-state index contributed by atoms with van der Waals surface area (Å²) in [6.07, 6.45) is 0. The van der Waals surface area contributed by atoms with E-state index in [1.54, 1.807) is 0 Å². The van der Waals surface area contributed by atoms with Crippen LogP contribution in [0.25, 0.3) is 0 Å². The van der Waals surface area contributed by atoms with Gasteiger partial charge in [-0.2, -0.15) is 0 Å². The van der Waals surface area contributed by atoms with Crippen LogP contribution in [-0.4, -0.2) is 13.1 Å². The van der Waals surface area contributed by atoms with E-state index < -0.39 is 0 Å². The van der Waals surface area contributed by atoms with Gasteiger partial charge in [-0.3, -0.25) is 0 Å². The van der Waals surface area contributed by atoms with Crippen LogP contribution in [0.15, 0.2) is 40.2 Å². The van der Waals surface area contributed by atoms with Crippen molar-refractivity contribution in [2.45, 2.75) is 26.9 Å². The monoisotopic (exact) mass is 352 g/mol. The number of anilines is 1. The van der Waals surface area contributed by atoms with Gasteiger partial charge in [0.1, 0.15) is 0 Å². The molecule has 0 aliphatic heterocycles. The number of rotatable bonds is 7. The van der Waals surface area contributed by atoms with Crippen molar-refractivity contribution >= 4 is 33.0 Å². The van der Waals surface area contributed by atoms with Crippen LogP contribution in [0.2, 0.25) is 0 Å². The molecule has 0 spiro atoms. The highest BCUT2D eigenvalue weighted by molar-refractivity contribution is 9.10. The quantitative estimate of drug-likeness (QED) is 0.780. The fraction of sp³-hybridized carbons (Fsp3) is 0.375. The number of hydrogen-bond acceptors (Lipinski definition) is 3. The molecule has 0 atom stereocenters. The van der Waals surface area contributed by atoms with E-state index in [9.17, 15) is 0 Å². The summed E-state index contributed by atoms with van der Waals surface area (Å²) in [5.41, 5.74) is 2.67. The van der Waals surface area contributed by atoms with Crippen molar-refractivity contribution < 1.29 is 0 Å². The first kappa shape index (κ1) is 15.5. The molecule has 20 heavy (non-hydrogen) atoms. The smallest absolute Gasteiger partial charge is 0.0522 e. The summed E-state index contributed by atoms with van der Waals surface area (Å²) in [5, 5.41) is 5.57. The van der Waals surface area contributed by atoms with Crippen LogP contribution in [0.4, 0.5) is 5.69 Å². The molecule has 0 bridgehead atoms. The van der Waals surface area contributed by atoms with Crippen molar-refractivity contribution in [3.05, 3.63) is 50.6 Å². The van der Waals surface area contributed by atoms with Gasteiger partial charge < -0.3 is 10.2 Å². The zero-order valence-electron chi connectivity index (χ0n) is 12.0. The standard InChI is InChI=1S/C16H21BrN2S/c1-3-18-11-13-7-8-14(17)10-16(13)19(4-2)12-15-6-5-9-20-15/h5-10,18H,3-4,11-12H2,1-2H3. The first-order valence-electron chi connectivity index (χ1n) is 7.01. The third kappa shape index (κ3) is 4.08. The van der Waals surface area contributed by atoms with Gasteiger partial charge in [0.15, 0.2) is 0 Å². The maximum atomic E-state index is 3.60. The van der Waals surface area contributed by atoms with E-state index in [2.05, 4.69) is 75.7 Å². The van der Waals surface area contributed by atoms with Gasteiger partial charge >= 0.3 is 0 Å². The second-order valence-corrected chi connectivity index (χ2v) is 6.59. The van der Waals surface area contributed by atoms with E-state index in [1.165, 1.54) is 16.1 Å². The van der Waals surface area contributed by atoms with Crippen LogP contribution in [0, 0.1) is 0 Å². The molecule has 108 valence electrons. The van der Waals surface area contributed by atoms with Gasteiger partial charge in [0.25, 0.3) is 0 Å². The fourth-order valence-corrected chi connectivity index (χ4v) is 3.27. The van der Waals surface area contributed by atoms with Crippen molar-refractivity contribution in [1.82, 2.24) is 5.32 Å². The molecule has 1 N–H and O–H groups in total. The molecular formula is C16H21BrN2S. The lowest BCUT2D eigenvalue weighted by Gasteiger charge is -2.26. The molecular weight excluding hydrogens is 332 g/mol. The molecule has 1 aromatic carbocycles. The Balaban J connectivity index is 2.24. The van der Waals surface area contributed by atoms with Crippen LogP contribution in [0.1, 0.15) is 24.3 Å². The fourth-order valence-electron chi connectivity index (χ4n) is 2.20. The lowest BCUT2D eigenvalue weighted by atomic mass is 10.1. The van der Waals surface area contributed by atoms with Crippen molar-refractivity contribution in [1.29, 1.82) is 0 Å². The van der Waals surface area contributed by atoms with E-state index in [0.29, 0.717) is 0 Å². The first-order valence-corrected chi connectivity index (χ1v) is 8.68. The number of halogens is 1. The van der Waals surface area contributed by atoms with Crippen LogP contribution >= 0.6 is 27.3 Å². The Bertz CT molecular complexity index is 525. The van der Waals surface area contributed by atoms with Crippen LogP contribution in [-0.2, 0) is 13.1 Å². The molecule has 0 aliphatic rings. The van der Waals surface area contributed by atoms with Gasteiger partial charge in [-0.25, -0.2) is 0 Å². The third-order valence-electron chi connectivity index (χ3n) is 3.26. The average Bonchev–Trinajstić information content (AvgIpc) is 2.96. The van der Waals surface area contributed by atoms with Crippen LogP contribution in [0.3, 0.4) is 0 Å². The van der Waals surface area contributed by atoms with Crippen molar-refractivity contribution in [2.75, 3.05) is 18.0 Å². The van der Waals surface area contributed by atoms with E-state index in [-0.39, 0.29) is 0 Å². The van der Waals surface area contributed by atoms with E-state index in [1.807, 2.05) is 11.3 Å². The largest absolute Gasteiger partial charge is 0.366 e.